The lowest BCUT2D eigenvalue weighted by Crippen LogP contribution is -2.37. The Bertz CT molecular complexity index is 315. The molecule has 0 amide bonds. The molecule has 0 fully saturated rings. The summed E-state index contributed by atoms with van der Waals surface area (Å²) in [5.74, 6) is 0. The smallest absolute Gasteiger partial charge is 0.0701 e. The summed E-state index contributed by atoms with van der Waals surface area (Å²) in [7, 11) is 0. The third kappa shape index (κ3) is 4.70. The second kappa shape index (κ2) is 7.52. The predicted octanol–water partition coefficient (Wildman–Crippen LogP) is 3.44. The maximum atomic E-state index is 9.45. The molecule has 0 bridgehead atoms. The second-order valence-electron chi connectivity index (χ2n) is 4.50. The van der Waals surface area contributed by atoms with E-state index in [9.17, 15) is 5.11 Å². The summed E-state index contributed by atoms with van der Waals surface area (Å²) in [6.07, 6.45) is 3.11. The first-order chi connectivity index (χ1) is 8.15. The molecule has 0 atom stereocenters. The molecule has 0 aliphatic carbocycles. The highest BCUT2D eigenvalue weighted by atomic mass is 79.9. The van der Waals surface area contributed by atoms with Crippen molar-refractivity contribution in [1.29, 1.82) is 0 Å². The largest absolute Gasteiger partial charge is 0.396 e. The molecule has 1 aromatic rings. The fourth-order valence-corrected chi connectivity index (χ4v) is 3.31. The van der Waals surface area contributed by atoms with Crippen molar-refractivity contribution in [2.45, 2.75) is 33.1 Å². The van der Waals surface area contributed by atoms with Crippen LogP contribution < -0.4 is 5.32 Å². The lowest BCUT2D eigenvalue weighted by Gasteiger charge is -2.29. The van der Waals surface area contributed by atoms with E-state index >= 15 is 0 Å². The molecule has 98 valence electrons. The van der Waals surface area contributed by atoms with Crippen molar-refractivity contribution in [3.8, 4) is 0 Å². The molecule has 0 saturated carbocycles. The average Bonchev–Trinajstić information content (AvgIpc) is 2.76. The van der Waals surface area contributed by atoms with Crippen LogP contribution in [0.1, 0.15) is 31.6 Å². The van der Waals surface area contributed by atoms with Crippen LogP contribution in [0.25, 0.3) is 0 Å². The van der Waals surface area contributed by atoms with E-state index < -0.39 is 0 Å². The van der Waals surface area contributed by atoms with Crippen LogP contribution in [0.15, 0.2) is 15.9 Å². The molecular weight excluding hydrogens is 298 g/mol. The van der Waals surface area contributed by atoms with E-state index in [2.05, 4.69) is 47.2 Å². The van der Waals surface area contributed by atoms with Gasteiger partial charge >= 0.3 is 0 Å². The van der Waals surface area contributed by atoms with Crippen LogP contribution in [-0.4, -0.2) is 24.8 Å². The quantitative estimate of drug-likeness (QED) is 0.719. The summed E-state index contributed by atoms with van der Waals surface area (Å²) in [6, 6.07) is 4.26. The van der Waals surface area contributed by atoms with Gasteiger partial charge in [0.05, 0.1) is 3.79 Å². The fraction of sp³-hybridized carbons (Fsp3) is 0.692. The van der Waals surface area contributed by atoms with Crippen LogP contribution in [0.4, 0.5) is 0 Å². The van der Waals surface area contributed by atoms with Gasteiger partial charge in [-0.2, -0.15) is 0 Å². The van der Waals surface area contributed by atoms with E-state index in [-0.39, 0.29) is 12.0 Å². The molecular formula is C13H22BrNOS. The Morgan fingerprint density at radius 1 is 1.35 bits per heavy atom. The van der Waals surface area contributed by atoms with E-state index in [0.717, 1.165) is 32.4 Å². The highest BCUT2D eigenvalue weighted by Gasteiger charge is 2.24. The molecule has 2 nitrogen and oxygen atoms in total. The van der Waals surface area contributed by atoms with Crippen LogP contribution in [-0.2, 0) is 6.42 Å². The van der Waals surface area contributed by atoms with Gasteiger partial charge in [-0.3, -0.25) is 0 Å². The van der Waals surface area contributed by atoms with Crippen LogP contribution in [0, 0.1) is 5.41 Å². The van der Waals surface area contributed by atoms with Gasteiger partial charge in [-0.25, -0.2) is 0 Å². The minimum absolute atomic E-state index is 0.0655. The van der Waals surface area contributed by atoms with Gasteiger partial charge in [0.25, 0.3) is 0 Å². The topological polar surface area (TPSA) is 32.3 Å². The van der Waals surface area contributed by atoms with Crippen molar-refractivity contribution < 1.29 is 5.11 Å². The maximum absolute atomic E-state index is 9.45. The summed E-state index contributed by atoms with van der Waals surface area (Å²) in [5, 5.41) is 12.9. The zero-order chi connectivity index (χ0) is 12.7. The molecule has 0 aliphatic rings. The summed E-state index contributed by atoms with van der Waals surface area (Å²) in [6.45, 7) is 6.46. The van der Waals surface area contributed by atoms with Gasteiger partial charge in [-0.05, 0) is 53.9 Å². The number of nitrogens with one attached hydrogen (secondary N) is 1. The molecule has 1 heterocycles. The number of aliphatic hydroxyl groups is 1. The number of hydrogen-bond donors (Lipinski definition) is 2. The first-order valence-corrected chi connectivity index (χ1v) is 7.82. The molecule has 0 aliphatic heterocycles. The highest BCUT2D eigenvalue weighted by Crippen LogP contribution is 2.25. The van der Waals surface area contributed by atoms with E-state index in [4.69, 9.17) is 0 Å². The molecule has 0 radical (unpaired) electrons. The van der Waals surface area contributed by atoms with Crippen LogP contribution in [0.5, 0.6) is 0 Å². The molecule has 0 saturated heterocycles. The average molecular weight is 320 g/mol. The minimum Gasteiger partial charge on any atom is -0.396 e. The van der Waals surface area contributed by atoms with E-state index in [0.29, 0.717) is 0 Å². The molecule has 0 unspecified atom stereocenters. The van der Waals surface area contributed by atoms with Crippen molar-refractivity contribution in [3.05, 3.63) is 20.8 Å². The summed E-state index contributed by atoms with van der Waals surface area (Å²) in [4.78, 5) is 1.40. The molecule has 1 aromatic heterocycles. The van der Waals surface area contributed by atoms with Gasteiger partial charge in [-0.15, -0.1) is 11.3 Å². The Hall–Kier alpha value is 0.1000. The van der Waals surface area contributed by atoms with Gasteiger partial charge in [0.15, 0.2) is 0 Å². The third-order valence-corrected chi connectivity index (χ3v) is 5.20. The van der Waals surface area contributed by atoms with Crippen molar-refractivity contribution in [1.82, 2.24) is 5.32 Å². The third-order valence-electron chi connectivity index (χ3n) is 3.51. The number of hydrogen-bond acceptors (Lipinski definition) is 3. The van der Waals surface area contributed by atoms with Gasteiger partial charge in [0.2, 0.25) is 0 Å². The van der Waals surface area contributed by atoms with Gasteiger partial charge in [0, 0.05) is 23.4 Å². The first kappa shape index (κ1) is 15.2. The monoisotopic (exact) mass is 319 g/mol. The number of halogens is 1. The van der Waals surface area contributed by atoms with Crippen LogP contribution >= 0.6 is 27.3 Å². The van der Waals surface area contributed by atoms with Crippen molar-refractivity contribution in [2.75, 3.05) is 19.7 Å². The van der Waals surface area contributed by atoms with Crippen molar-refractivity contribution in [2.24, 2.45) is 5.41 Å². The second-order valence-corrected chi connectivity index (χ2v) is 7.05. The van der Waals surface area contributed by atoms with E-state index in [1.165, 1.54) is 8.66 Å². The van der Waals surface area contributed by atoms with E-state index in [1.807, 2.05) is 0 Å². The SMILES string of the molecule is CCC(CC)(CO)CNCCc1ccc(Br)s1. The minimum atomic E-state index is 0.0655. The Kier molecular flexibility index (Phi) is 6.70. The highest BCUT2D eigenvalue weighted by molar-refractivity contribution is 9.11. The number of thiophene rings is 1. The maximum Gasteiger partial charge on any atom is 0.0701 e. The van der Waals surface area contributed by atoms with Crippen LogP contribution in [0.2, 0.25) is 0 Å². The lowest BCUT2D eigenvalue weighted by molar-refractivity contribution is 0.113. The molecule has 0 spiro atoms. The molecule has 4 heteroatoms. The van der Waals surface area contributed by atoms with Gasteiger partial charge < -0.3 is 10.4 Å². The summed E-state index contributed by atoms with van der Waals surface area (Å²) in [5.41, 5.74) is 0.0655. The summed E-state index contributed by atoms with van der Waals surface area (Å²) >= 11 is 5.26. The Morgan fingerprint density at radius 3 is 2.53 bits per heavy atom. The Balaban J connectivity index is 2.27. The molecule has 1 rings (SSSR count). The molecule has 2 N–H and O–H groups in total. The van der Waals surface area contributed by atoms with Gasteiger partial charge in [-0.1, -0.05) is 13.8 Å². The summed E-state index contributed by atoms with van der Waals surface area (Å²) < 4.78 is 1.19. The zero-order valence-corrected chi connectivity index (χ0v) is 13.0. The predicted molar refractivity (Wildman–Crippen MR) is 78.7 cm³/mol. The van der Waals surface area contributed by atoms with Crippen molar-refractivity contribution >= 4 is 27.3 Å². The van der Waals surface area contributed by atoms with E-state index in [1.54, 1.807) is 11.3 Å². The van der Waals surface area contributed by atoms with Crippen molar-refractivity contribution in [3.63, 3.8) is 0 Å². The number of aliphatic hydroxyl groups excluding tert-OH is 1. The Morgan fingerprint density at radius 2 is 2.06 bits per heavy atom. The normalized spacial score (nSPS) is 12.0. The fourth-order valence-electron chi connectivity index (χ4n) is 1.83. The zero-order valence-electron chi connectivity index (χ0n) is 10.6. The Labute approximate surface area is 117 Å². The molecule has 0 aromatic carbocycles. The standard InChI is InChI=1S/C13H22BrNOS/c1-3-13(4-2,10-16)9-15-8-7-11-5-6-12(14)17-11/h5-6,15-16H,3-4,7-10H2,1-2H3. The number of rotatable bonds is 8. The lowest BCUT2D eigenvalue weighted by atomic mass is 9.83. The van der Waals surface area contributed by atoms with Gasteiger partial charge in [0.1, 0.15) is 0 Å². The first-order valence-electron chi connectivity index (χ1n) is 6.21. The molecule has 17 heavy (non-hydrogen) atoms. The van der Waals surface area contributed by atoms with Crippen LogP contribution in [0.3, 0.4) is 0 Å².